The Labute approximate surface area is 122 Å². The molecule has 1 nitrogen and oxygen atoms in total. The molecule has 2 rings (SSSR count). The molecule has 0 atom stereocenters. The largest absolute Gasteiger partial charge is 0.294 e. The van der Waals surface area contributed by atoms with Gasteiger partial charge in [-0.25, -0.2) is 0 Å². The average Bonchev–Trinajstić information content (AvgIpc) is 2.40. The van der Waals surface area contributed by atoms with Crippen molar-refractivity contribution in [2.24, 2.45) is 0 Å². The van der Waals surface area contributed by atoms with Gasteiger partial charge in [-0.2, -0.15) is 0 Å². The Morgan fingerprint density at radius 1 is 1.11 bits per heavy atom. The quantitative estimate of drug-likeness (QED) is 0.702. The molecule has 0 N–H and O–H groups in total. The summed E-state index contributed by atoms with van der Waals surface area (Å²) in [6, 6.07) is 14.3. The molecule has 2 aromatic carbocycles. The van der Waals surface area contributed by atoms with E-state index in [0.29, 0.717) is 0 Å². The predicted octanol–water partition coefficient (Wildman–Crippen LogP) is 5.27. The third-order valence-electron chi connectivity index (χ3n) is 3.16. The summed E-state index contributed by atoms with van der Waals surface area (Å²) < 4.78 is 1.04. The molecule has 0 aliphatic rings. The SMILES string of the molecule is CCCc1ccc(-c2ccc(Br)cc2)c(C(C)=O)c1. The van der Waals surface area contributed by atoms with Crippen LogP contribution in [0.3, 0.4) is 0 Å². The van der Waals surface area contributed by atoms with E-state index >= 15 is 0 Å². The summed E-state index contributed by atoms with van der Waals surface area (Å²) in [6.07, 6.45) is 2.11. The molecular weight excluding hydrogens is 300 g/mol. The van der Waals surface area contributed by atoms with Crippen molar-refractivity contribution >= 4 is 21.7 Å². The van der Waals surface area contributed by atoms with Crippen LogP contribution in [0.4, 0.5) is 0 Å². The maximum absolute atomic E-state index is 11.9. The van der Waals surface area contributed by atoms with Crippen molar-refractivity contribution in [3.63, 3.8) is 0 Å². The number of halogens is 1. The topological polar surface area (TPSA) is 17.1 Å². The zero-order valence-electron chi connectivity index (χ0n) is 11.2. The van der Waals surface area contributed by atoms with E-state index in [2.05, 4.69) is 35.0 Å². The highest BCUT2D eigenvalue weighted by atomic mass is 79.9. The second-order valence-corrected chi connectivity index (χ2v) is 5.61. The Hall–Kier alpha value is -1.41. The van der Waals surface area contributed by atoms with Gasteiger partial charge in [0, 0.05) is 10.0 Å². The maximum Gasteiger partial charge on any atom is 0.160 e. The smallest absolute Gasteiger partial charge is 0.160 e. The van der Waals surface area contributed by atoms with Crippen molar-refractivity contribution in [2.75, 3.05) is 0 Å². The minimum Gasteiger partial charge on any atom is -0.294 e. The van der Waals surface area contributed by atoms with Gasteiger partial charge >= 0.3 is 0 Å². The van der Waals surface area contributed by atoms with E-state index in [-0.39, 0.29) is 5.78 Å². The Kier molecular flexibility index (Phi) is 4.54. The van der Waals surface area contributed by atoms with Crippen LogP contribution < -0.4 is 0 Å². The number of aryl methyl sites for hydroxylation is 1. The summed E-state index contributed by atoms with van der Waals surface area (Å²) in [4.78, 5) is 11.9. The number of ketones is 1. The van der Waals surface area contributed by atoms with Crippen LogP contribution in [0, 0.1) is 0 Å². The molecule has 0 radical (unpaired) electrons. The van der Waals surface area contributed by atoms with Crippen molar-refractivity contribution in [2.45, 2.75) is 26.7 Å². The van der Waals surface area contributed by atoms with Crippen molar-refractivity contribution in [3.05, 3.63) is 58.1 Å². The lowest BCUT2D eigenvalue weighted by molar-refractivity contribution is 0.101. The van der Waals surface area contributed by atoms with Crippen molar-refractivity contribution in [1.29, 1.82) is 0 Å². The monoisotopic (exact) mass is 316 g/mol. The second kappa shape index (κ2) is 6.16. The number of rotatable bonds is 4. The van der Waals surface area contributed by atoms with Crippen LogP contribution in [0.15, 0.2) is 46.9 Å². The van der Waals surface area contributed by atoms with E-state index in [1.165, 1.54) is 5.56 Å². The van der Waals surface area contributed by atoms with Gasteiger partial charge < -0.3 is 0 Å². The van der Waals surface area contributed by atoms with Gasteiger partial charge in [-0.15, -0.1) is 0 Å². The van der Waals surface area contributed by atoms with Gasteiger partial charge in [-0.1, -0.05) is 53.5 Å². The lowest BCUT2D eigenvalue weighted by Crippen LogP contribution is -1.98. The summed E-state index contributed by atoms with van der Waals surface area (Å²) in [5.74, 6) is 0.121. The van der Waals surface area contributed by atoms with E-state index in [0.717, 1.165) is 34.0 Å². The van der Waals surface area contributed by atoms with E-state index in [4.69, 9.17) is 0 Å². The minimum atomic E-state index is 0.121. The van der Waals surface area contributed by atoms with Gasteiger partial charge in [0.05, 0.1) is 0 Å². The van der Waals surface area contributed by atoms with Gasteiger partial charge in [-0.05, 0) is 48.2 Å². The third kappa shape index (κ3) is 3.32. The van der Waals surface area contributed by atoms with E-state index in [9.17, 15) is 4.79 Å². The van der Waals surface area contributed by atoms with Gasteiger partial charge in [0.25, 0.3) is 0 Å². The normalized spacial score (nSPS) is 10.5. The van der Waals surface area contributed by atoms with E-state index < -0.39 is 0 Å². The van der Waals surface area contributed by atoms with Crippen LogP contribution in [0.2, 0.25) is 0 Å². The van der Waals surface area contributed by atoms with Crippen LogP contribution in [-0.4, -0.2) is 5.78 Å². The maximum atomic E-state index is 11.9. The summed E-state index contributed by atoms with van der Waals surface area (Å²) in [7, 11) is 0. The molecule has 0 saturated carbocycles. The van der Waals surface area contributed by atoms with Gasteiger partial charge in [-0.3, -0.25) is 4.79 Å². The zero-order valence-corrected chi connectivity index (χ0v) is 12.8. The molecule has 0 unspecified atom stereocenters. The molecule has 0 aliphatic carbocycles. The van der Waals surface area contributed by atoms with Crippen LogP contribution in [0.1, 0.15) is 36.2 Å². The fourth-order valence-electron chi connectivity index (χ4n) is 2.21. The predicted molar refractivity (Wildman–Crippen MR) is 83.6 cm³/mol. The average molecular weight is 317 g/mol. The van der Waals surface area contributed by atoms with E-state index in [1.54, 1.807) is 6.92 Å². The Balaban J connectivity index is 2.50. The lowest BCUT2D eigenvalue weighted by Gasteiger charge is -2.10. The highest BCUT2D eigenvalue weighted by Gasteiger charge is 2.10. The Morgan fingerprint density at radius 3 is 2.37 bits per heavy atom. The van der Waals surface area contributed by atoms with Crippen molar-refractivity contribution in [1.82, 2.24) is 0 Å². The first kappa shape index (κ1) is 14.0. The Morgan fingerprint density at radius 2 is 1.79 bits per heavy atom. The van der Waals surface area contributed by atoms with Crippen LogP contribution in [-0.2, 0) is 6.42 Å². The van der Waals surface area contributed by atoms with Gasteiger partial charge in [0.2, 0.25) is 0 Å². The van der Waals surface area contributed by atoms with Crippen LogP contribution >= 0.6 is 15.9 Å². The first-order valence-electron chi connectivity index (χ1n) is 6.51. The number of carbonyl (C=O) groups excluding carboxylic acids is 1. The minimum absolute atomic E-state index is 0.121. The molecule has 0 saturated heterocycles. The first-order valence-corrected chi connectivity index (χ1v) is 7.31. The fraction of sp³-hybridized carbons (Fsp3) is 0.235. The molecule has 98 valence electrons. The Bertz CT molecular complexity index is 585. The lowest BCUT2D eigenvalue weighted by atomic mass is 9.94. The number of benzene rings is 2. The summed E-state index contributed by atoms with van der Waals surface area (Å²) in [5.41, 5.74) is 4.14. The molecule has 2 aromatic rings. The van der Waals surface area contributed by atoms with E-state index in [1.807, 2.05) is 30.3 Å². The molecule has 0 bridgehead atoms. The molecular formula is C17H17BrO. The molecule has 0 heterocycles. The molecule has 0 spiro atoms. The summed E-state index contributed by atoms with van der Waals surface area (Å²) in [5, 5.41) is 0. The van der Waals surface area contributed by atoms with Crippen LogP contribution in [0.25, 0.3) is 11.1 Å². The highest BCUT2D eigenvalue weighted by molar-refractivity contribution is 9.10. The van der Waals surface area contributed by atoms with Crippen molar-refractivity contribution in [3.8, 4) is 11.1 Å². The second-order valence-electron chi connectivity index (χ2n) is 4.69. The molecule has 0 amide bonds. The van der Waals surface area contributed by atoms with Crippen LogP contribution in [0.5, 0.6) is 0 Å². The number of Topliss-reactive ketones (excluding diaryl/α,β-unsaturated/α-hetero) is 1. The highest BCUT2D eigenvalue weighted by Crippen LogP contribution is 2.27. The van der Waals surface area contributed by atoms with Crippen molar-refractivity contribution < 1.29 is 4.79 Å². The third-order valence-corrected chi connectivity index (χ3v) is 3.69. The molecule has 0 aromatic heterocycles. The molecule has 0 aliphatic heterocycles. The summed E-state index contributed by atoms with van der Waals surface area (Å²) >= 11 is 3.43. The first-order chi connectivity index (χ1) is 9.11. The van der Waals surface area contributed by atoms with Gasteiger partial charge in [0.15, 0.2) is 5.78 Å². The molecule has 19 heavy (non-hydrogen) atoms. The number of carbonyl (C=O) groups is 1. The number of hydrogen-bond donors (Lipinski definition) is 0. The summed E-state index contributed by atoms with van der Waals surface area (Å²) in [6.45, 7) is 3.78. The number of hydrogen-bond acceptors (Lipinski definition) is 1. The zero-order chi connectivity index (χ0) is 13.8. The standard InChI is InChI=1S/C17H17BrO/c1-3-4-13-5-10-16(17(11-13)12(2)19)14-6-8-15(18)9-7-14/h5-11H,3-4H2,1-2H3. The molecule has 0 fully saturated rings. The van der Waals surface area contributed by atoms with Gasteiger partial charge in [0.1, 0.15) is 0 Å². The fourth-order valence-corrected chi connectivity index (χ4v) is 2.47. The molecule has 2 heteroatoms.